The third kappa shape index (κ3) is 66.7. The van der Waals surface area contributed by atoms with E-state index in [2.05, 4.69) is 41.5 Å². The van der Waals surface area contributed by atoms with Gasteiger partial charge >= 0.3 is 39.5 Å². The van der Waals surface area contributed by atoms with Gasteiger partial charge in [-0.2, -0.15) is 0 Å². The Hall–Kier alpha value is -1.94. The minimum absolute atomic E-state index is 0.107. The quantitative estimate of drug-likeness (QED) is 0.0222. The van der Waals surface area contributed by atoms with Crippen LogP contribution >= 0.6 is 15.6 Å². The fourth-order valence-electron chi connectivity index (χ4n) is 11.1. The summed E-state index contributed by atoms with van der Waals surface area (Å²) in [5.74, 6) is -0.558. The molecule has 0 saturated carbocycles. The minimum atomic E-state index is -4.95. The Morgan fingerprint density at radius 3 is 0.739 bits per heavy atom. The molecule has 0 radical (unpaired) electrons. The second-order valence-electron chi connectivity index (χ2n) is 27.3. The number of esters is 4. The van der Waals surface area contributed by atoms with Crippen LogP contribution in [0.3, 0.4) is 0 Å². The number of carbonyl (C=O) groups is 4. The maximum atomic E-state index is 13.1. The van der Waals surface area contributed by atoms with Crippen molar-refractivity contribution in [2.24, 2.45) is 11.8 Å². The van der Waals surface area contributed by atoms with Gasteiger partial charge in [-0.15, -0.1) is 0 Å². The van der Waals surface area contributed by atoms with Gasteiger partial charge in [-0.3, -0.25) is 37.3 Å². The lowest BCUT2D eigenvalue weighted by Gasteiger charge is -2.21. The van der Waals surface area contributed by atoms with E-state index in [4.69, 9.17) is 37.0 Å². The first kappa shape index (κ1) is 90.1. The number of rotatable bonds is 72. The molecule has 0 spiro atoms. The Morgan fingerprint density at radius 1 is 0.293 bits per heavy atom. The second kappa shape index (κ2) is 65.0. The van der Waals surface area contributed by atoms with Crippen molar-refractivity contribution in [1.82, 2.24) is 0 Å². The summed E-state index contributed by atoms with van der Waals surface area (Å²) < 4.78 is 68.4. The van der Waals surface area contributed by atoms with E-state index in [1.54, 1.807) is 0 Å². The van der Waals surface area contributed by atoms with Crippen LogP contribution in [0, 0.1) is 11.8 Å². The molecule has 92 heavy (non-hydrogen) atoms. The highest BCUT2D eigenvalue weighted by molar-refractivity contribution is 7.47. The first-order chi connectivity index (χ1) is 44.4. The molecule has 17 nitrogen and oxygen atoms in total. The highest BCUT2D eigenvalue weighted by Crippen LogP contribution is 2.45. The first-order valence-corrected chi connectivity index (χ1v) is 41.0. The molecule has 0 aromatic carbocycles. The van der Waals surface area contributed by atoms with Crippen LogP contribution in [-0.2, 0) is 65.4 Å². The predicted molar refractivity (Wildman–Crippen MR) is 372 cm³/mol. The van der Waals surface area contributed by atoms with Crippen LogP contribution in [0.4, 0.5) is 0 Å². The molecule has 3 N–H and O–H groups in total. The standard InChI is InChI=1S/C73H142O17P2/c1-7-9-11-13-15-17-18-25-33-39-45-51-57-72(77)89-68(61-83-70(75)55-49-43-37-29-16-14-12-10-8-2)63-87-91(79,80)85-59-67(74)60-86-92(81,82)88-64-69(62-84-71(76)56-50-44-38-32-28-27-31-36-42-48-54-66(5)6)90-73(78)58-52-46-40-34-26-23-21-19-20-22-24-30-35-41-47-53-65(3)4/h65-69,74H,7-64H2,1-6H3,(H,79,80)(H,81,82)/t67-,68+,69+/m0/s1. The second-order valence-corrected chi connectivity index (χ2v) is 30.2. The van der Waals surface area contributed by atoms with Gasteiger partial charge in [-0.1, -0.05) is 324 Å². The van der Waals surface area contributed by atoms with E-state index >= 15 is 0 Å². The summed E-state index contributed by atoms with van der Waals surface area (Å²) in [4.78, 5) is 72.6. The molecule has 0 fully saturated rings. The molecule has 0 saturated heterocycles. The number of unbranched alkanes of at least 4 members (excludes halogenated alkanes) is 42. The van der Waals surface area contributed by atoms with Crippen molar-refractivity contribution in [1.29, 1.82) is 0 Å². The largest absolute Gasteiger partial charge is 0.472 e. The van der Waals surface area contributed by atoms with Crippen LogP contribution in [-0.4, -0.2) is 96.7 Å². The number of hydrogen-bond donors (Lipinski definition) is 3. The maximum absolute atomic E-state index is 13.1. The summed E-state index contributed by atoms with van der Waals surface area (Å²) in [6.45, 7) is 9.58. The van der Waals surface area contributed by atoms with E-state index in [9.17, 15) is 43.2 Å². The minimum Gasteiger partial charge on any atom is -0.462 e. The van der Waals surface area contributed by atoms with Gasteiger partial charge in [0.1, 0.15) is 19.3 Å². The first-order valence-electron chi connectivity index (χ1n) is 38.0. The van der Waals surface area contributed by atoms with Crippen LogP contribution in [0.5, 0.6) is 0 Å². The third-order valence-electron chi connectivity index (χ3n) is 17.0. The van der Waals surface area contributed by atoms with Crippen molar-refractivity contribution >= 4 is 39.5 Å². The summed E-state index contributed by atoms with van der Waals surface area (Å²) in [7, 11) is -9.90. The molecule has 0 aliphatic carbocycles. The maximum Gasteiger partial charge on any atom is 0.472 e. The molecule has 0 heterocycles. The summed E-state index contributed by atoms with van der Waals surface area (Å²) in [5, 5.41) is 10.6. The Kier molecular flexibility index (Phi) is 63.7. The Balaban J connectivity index is 5.22. The van der Waals surface area contributed by atoms with Crippen molar-refractivity contribution in [3.63, 3.8) is 0 Å². The van der Waals surface area contributed by atoms with E-state index < -0.39 is 97.5 Å². The summed E-state index contributed by atoms with van der Waals surface area (Å²) >= 11 is 0. The lowest BCUT2D eigenvalue weighted by atomic mass is 10.0. The summed E-state index contributed by atoms with van der Waals surface area (Å²) in [6, 6.07) is 0. The topological polar surface area (TPSA) is 237 Å². The van der Waals surface area contributed by atoms with Crippen LogP contribution in [0.2, 0.25) is 0 Å². The average Bonchev–Trinajstić information content (AvgIpc) is 3.00. The molecule has 546 valence electrons. The SMILES string of the molecule is CCCCCCCCCCCCCCC(=O)O[C@H](COC(=O)CCCCCCCCCCC)COP(=O)(O)OC[C@H](O)COP(=O)(O)OC[C@@H](COC(=O)CCCCCCCCCCCCC(C)C)OC(=O)CCCCCCCCCCCCCCCCCC(C)C. The van der Waals surface area contributed by atoms with Crippen molar-refractivity contribution in [2.45, 2.75) is 394 Å². The van der Waals surface area contributed by atoms with Gasteiger partial charge in [0.15, 0.2) is 12.2 Å². The zero-order chi connectivity index (χ0) is 67.9. The zero-order valence-electron chi connectivity index (χ0n) is 59.9. The lowest BCUT2D eigenvalue weighted by molar-refractivity contribution is -0.161. The van der Waals surface area contributed by atoms with Crippen molar-refractivity contribution in [3.05, 3.63) is 0 Å². The van der Waals surface area contributed by atoms with E-state index in [0.29, 0.717) is 25.7 Å². The molecule has 0 bridgehead atoms. The van der Waals surface area contributed by atoms with Gasteiger partial charge in [0.05, 0.1) is 26.4 Å². The zero-order valence-corrected chi connectivity index (χ0v) is 61.6. The Morgan fingerprint density at radius 2 is 0.500 bits per heavy atom. The Labute approximate surface area is 562 Å². The highest BCUT2D eigenvalue weighted by Gasteiger charge is 2.30. The van der Waals surface area contributed by atoms with Crippen LogP contribution in [0.1, 0.15) is 375 Å². The van der Waals surface area contributed by atoms with Gasteiger partial charge < -0.3 is 33.8 Å². The number of phosphoric ester groups is 2. The molecule has 0 rings (SSSR count). The fourth-order valence-corrected chi connectivity index (χ4v) is 12.7. The van der Waals surface area contributed by atoms with Gasteiger partial charge in [-0.25, -0.2) is 9.13 Å². The summed E-state index contributed by atoms with van der Waals surface area (Å²) in [5.41, 5.74) is 0. The van der Waals surface area contributed by atoms with Crippen LogP contribution < -0.4 is 0 Å². The smallest absolute Gasteiger partial charge is 0.462 e. The third-order valence-corrected chi connectivity index (χ3v) is 18.9. The van der Waals surface area contributed by atoms with Crippen molar-refractivity contribution < 1.29 is 80.2 Å². The summed E-state index contributed by atoms with van der Waals surface area (Å²) in [6.07, 6.45) is 51.2. The number of ether oxygens (including phenoxy) is 4. The Bertz CT molecular complexity index is 1790. The highest BCUT2D eigenvalue weighted by atomic mass is 31.2. The molecule has 0 aliphatic heterocycles. The van der Waals surface area contributed by atoms with Gasteiger partial charge in [-0.05, 0) is 37.5 Å². The number of carbonyl (C=O) groups excluding carboxylic acids is 4. The number of hydrogen-bond acceptors (Lipinski definition) is 15. The van der Waals surface area contributed by atoms with Crippen molar-refractivity contribution in [2.75, 3.05) is 39.6 Å². The van der Waals surface area contributed by atoms with E-state index in [1.165, 1.54) is 193 Å². The van der Waals surface area contributed by atoms with Crippen LogP contribution in [0.15, 0.2) is 0 Å². The number of aliphatic hydroxyl groups is 1. The molecule has 0 aromatic rings. The van der Waals surface area contributed by atoms with Gasteiger partial charge in [0.25, 0.3) is 0 Å². The molecule has 0 aliphatic rings. The monoisotopic (exact) mass is 1350 g/mol. The average molecular weight is 1350 g/mol. The van der Waals surface area contributed by atoms with Gasteiger partial charge in [0.2, 0.25) is 0 Å². The molecule has 19 heteroatoms. The molecule has 0 amide bonds. The van der Waals surface area contributed by atoms with E-state index in [0.717, 1.165) is 102 Å². The van der Waals surface area contributed by atoms with E-state index in [1.807, 2.05) is 0 Å². The lowest BCUT2D eigenvalue weighted by Crippen LogP contribution is -2.30. The van der Waals surface area contributed by atoms with Crippen molar-refractivity contribution in [3.8, 4) is 0 Å². The van der Waals surface area contributed by atoms with E-state index in [-0.39, 0.29) is 25.7 Å². The molecule has 2 unspecified atom stereocenters. The number of phosphoric acid groups is 2. The molecular weight excluding hydrogens is 1210 g/mol. The van der Waals surface area contributed by atoms with Crippen LogP contribution in [0.25, 0.3) is 0 Å². The molecule has 5 atom stereocenters. The fraction of sp³-hybridized carbons (Fsp3) is 0.945. The van der Waals surface area contributed by atoms with Gasteiger partial charge in [0, 0.05) is 25.7 Å². The predicted octanol–water partition coefficient (Wildman–Crippen LogP) is 21.2. The number of aliphatic hydroxyl groups excluding tert-OH is 1. The molecule has 0 aromatic heterocycles. The molecular formula is C73H142O17P2. The normalized spacial score (nSPS) is 14.1.